The van der Waals surface area contributed by atoms with Crippen molar-refractivity contribution in [3.05, 3.63) is 29.8 Å². The number of hydrogen-bond donors (Lipinski definition) is 1. The smallest absolute Gasteiger partial charge is 0.234 e. The van der Waals surface area contributed by atoms with E-state index in [0.717, 1.165) is 36.7 Å². The van der Waals surface area contributed by atoms with Gasteiger partial charge in [-0.25, -0.2) is 0 Å². The Labute approximate surface area is 154 Å². The summed E-state index contributed by atoms with van der Waals surface area (Å²) in [5, 5.41) is 2.89. The van der Waals surface area contributed by atoms with Crippen molar-refractivity contribution < 1.29 is 9.59 Å². The highest BCUT2D eigenvalue weighted by molar-refractivity contribution is 8.00. The maximum atomic E-state index is 12.4. The molecule has 3 rings (SSSR count). The molecule has 2 aliphatic rings. The van der Waals surface area contributed by atoms with E-state index in [9.17, 15) is 9.59 Å². The van der Waals surface area contributed by atoms with Crippen LogP contribution in [0.2, 0.25) is 0 Å². The highest BCUT2D eigenvalue weighted by Crippen LogP contribution is 2.36. The minimum Gasteiger partial charge on any atom is -0.342 e. The number of carbonyl (C=O) groups excluding carboxylic acids is 2. The van der Waals surface area contributed by atoms with Crippen molar-refractivity contribution in [1.29, 1.82) is 0 Å². The molecule has 1 aliphatic carbocycles. The van der Waals surface area contributed by atoms with Crippen LogP contribution >= 0.6 is 11.8 Å². The molecule has 25 heavy (non-hydrogen) atoms. The number of anilines is 1. The third-order valence-electron chi connectivity index (χ3n) is 5.40. The van der Waals surface area contributed by atoms with Crippen LogP contribution in [0.4, 0.5) is 5.69 Å². The van der Waals surface area contributed by atoms with Crippen molar-refractivity contribution >= 4 is 29.3 Å². The van der Waals surface area contributed by atoms with Crippen molar-refractivity contribution in [3.8, 4) is 0 Å². The van der Waals surface area contributed by atoms with Crippen LogP contribution in [0.1, 0.15) is 37.7 Å². The Bertz CT molecular complexity index is 619. The predicted molar refractivity (Wildman–Crippen MR) is 104 cm³/mol. The number of rotatable bonds is 5. The number of nitrogens with zero attached hydrogens (tertiary/aromatic N) is 1. The van der Waals surface area contributed by atoms with E-state index in [4.69, 9.17) is 0 Å². The summed E-state index contributed by atoms with van der Waals surface area (Å²) < 4.78 is 0. The van der Waals surface area contributed by atoms with Gasteiger partial charge in [0.05, 0.1) is 11.5 Å². The zero-order valence-electron chi connectivity index (χ0n) is 15.0. The summed E-state index contributed by atoms with van der Waals surface area (Å²) in [7, 11) is 0. The first-order chi connectivity index (χ1) is 12.1. The van der Waals surface area contributed by atoms with Gasteiger partial charge in [0.1, 0.15) is 0 Å². The molecule has 2 amide bonds. The number of amides is 2. The van der Waals surface area contributed by atoms with E-state index in [0.29, 0.717) is 17.4 Å². The lowest BCUT2D eigenvalue weighted by Gasteiger charge is -2.41. The highest BCUT2D eigenvalue weighted by atomic mass is 32.2. The number of carbonyl (C=O) groups is 2. The van der Waals surface area contributed by atoms with E-state index < -0.39 is 0 Å². The van der Waals surface area contributed by atoms with Crippen LogP contribution in [0.3, 0.4) is 0 Å². The number of piperidine rings is 1. The second kappa shape index (κ2) is 8.75. The molecule has 1 aliphatic heterocycles. The minimum absolute atomic E-state index is 0.0469. The molecule has 0 unspecified atom stereocenters. The van der Waals surface area contributed by atoms with Gasteiger partial charge in [0, 0.05) is 18.8 Å². The Morgan fingerprint density at radius 2 is 1.96 bits per heavy atom. The quantitative estimate of drug-likeness (QED) is 0.871. The normalized spacial score (nSPS) is 23.0. The average molecular weight is 361 g/mol. The molecule has 2 atom stereocenters. The maximum Gasteiger partial charge on any atom is 0.234 e. The first-order valence-corrected chi connectivity index (χ1v) is 10.5. The Kier molecular flexibility index (Phi) is 6.40. The van der Waals surface area contributed by atoms with E-state index in [2.05, 4.69) is 5.32 Å². The minimum atomic E-state index is -0.0469. The van der Waals surface area contributed by atoms with Gasteiger partial charge in [-0.15, -0.1) is 11.8 Å². The summed E-state index contributed by atoms with van der Waals surface area (Å²) in [5.41, 5.74) is 1.93. The van der Waals surface area contributed by atoms with Crippen molar-refractivity contribution in [3.63, 3.8) is 0 Å². The van der Waals surface area contributed by atoms with Crippen molar-refractivity contribution in [2.24, 2.45) is 11.8 Å². The zero-order valence-corrected chi connectivity index (χ0v) is 15.8. The van der Waals surface area contributed by atoms with Gasteiger partial charge in [0.25, 0.3) is 0 Å². The monoisotopic (exact) mass is 360 g/mol. The molecule has 1 aromatic carbocycles. The van der Waals surface area contributed by atoms with Crippen LogP contribution in [0, 0.1) is 18.8 Å². The van der Waals surface area contributed by atoms with Crippen LogP contribution in [0.25, 0.3) is 0 Å². The fraction of sp³-hybridized carbons (Fsp3) is 0.600. The number of likely N-dealkylation sites (tertiary alicyclic amines) is 1. The van der Waals surface area contributed by atoms with Crippen molar-refractivity contribution in [2.75, 3.05) is 29.9 Å². The number of benzene rings is 1. The largest absolute Gasteiger partial charge is 0.342 e. The SMILES string of the molecule is Cc1cccc(NC(=O)CSCC(=O)N2CC[C@@H]3CCCC[C@H]3C2)c1. The molecule has 136 valence electrons. The van der Waals surface area contributed by atoms with E-state index in [1.807, 2.05) is 36.1 Å². The Balaban J connectivity index is 1.38. The number of thioether (sulfide) groups is 1. The lowest BCUT2D eigenvalue weighted by Crippen LogP contribution is -2.45. The fourth-order valence-electron chi connectivity index (χ4n) is 4.07. The summed E-state index contributed by atoms with van der Waals surface area (Å²) in [5.74, 6) is 2.41. The van der Waals surface area contributed by atoms with Gasteiger partial charge in [-0.05, 0) is 49.3 Å². The standard InChI is InChI=1S/C20H28N2O2S/c1-15-5-4-8-18(11-15)21-19(23)13-25-14-20(24)22-10-9-16-6-2-3-7-17(16)12-22/h4-5,8,11,16-17H,2-3,6-7,9-10,12-14H2,1H3,(H,21,23)/t16-,17-/m0/s1. The Morgan fingerprint density at radius 1 is 1.16 bits per heavy atom. The molecule has 0 aromatic heterocycles. The first-order valence-electron chi connectivity index (χ1n) is 9.34. The topological polar surface area (TPSA) is 49.4 Å². The second-order valence-electron chi connectivity index (χ2n) is 7.34. The lowest BCUT2D eigenvalue weighted by atomic mass is 9.75. The van der Waals surface area contributed by atoms with Gasteiger partial charge < -0.3 is 10.2 Å². The lowest BCUT2D eigenvalue weighted by molar-refractivity contribution is -0.131. The van der Waals surface area contributed by atoms with E-state index in [1.54, 1.807) is 0 Å². The van der Waals surface area contributed by atoms with E-state index in [1.165, 1.54) is 37.4 Å². The first kappa shape index (κ1) is 18.3. The number of nitrogens with one attached hydrogen (secondary N) is 1. The summed E-state index contributed by atoms with van der Waals surface area (Å²) in [6.45, 7) is 3.83. The fourth-order valence-corrected chi connectivity index (χ4v) is 4.79. The number of aryl methyl sites for hydroxylation is 1. The van der Waals surface area contributed by atoms with Gasteiger partial charge in [-0.3, -0.25) is 9.59 Å². The predicted octanol–water partition coefficient (Wildman–Crippen LogP) is 3.71. The third-order valence-corrected chi connectivity index (χ3v) is 6.32. The molecule has 1 heterocycles. The van der Waals surface area contributed by atoms with Gasteiger partial charge in [-0.1, -0.05) is 31.4 Å². The van der Waals surface area contributed by atoms with Crippen LogP contribution in [-0.2, 0) is 9.59 Å². The number of fused-ring (bicyclic) bond motifs is 1. The molecule has 4 nitrogen and oxygen atoms in total. The van der Waals surface area contributed by atoms with E-state index >= 15 is 0 Å². The van der Waals surface area contributed by atoms with Crippen molar-refractivity contribution in [2.45, 2.75) is 39.0 Å². The summed E-state index contributed by atoms with van der Waals surface area (Å²) in [6, 6.07) is 7.76. The van der Waals surface area contributed by atoms with Crippen LogP contribution in [-0.4, -0.2) is 41.3 Å². The Hall–Kier alpha value is -1.49. The molecule has 1 N–H and O–H groups in total. The summed E-state index contributed by atoms with van der Waals surface area (Å²) >= 11 is 1.41. The Morgan fingerprint density at radius 3 is 2.76 bits per heavy atom. The van der Waals surface area contributed by atoms with Gasteiger partial charge in [0.2, 0.25) is 11.8 Å². The molecule has 5 heteroatoms. The zero-order chi connectivity index (χ0) is 17.6. The van der Waals surface area contributed by atoms with Crippen molar-refractivity contribution in [1.82, 2.24) is 4.90 Å². The van der Waals surface area contributed by atoms with Crippen LogP contribution in [0.5, 0.6) is 0 Å². The van der Waals surface area contributed by atoms with Crippen LogP contribution in [0.15, 0.2) is 24.3 Å². The highest BCUT2D eigenvalue weighted by Gasteiger charge is 2.32. The molecule has 2 fully saturated rings. The molecule has 0 bridgehead atoms. The molecular formula is C20H28N2O2S. The third kappa shape index (κ3) is 5.24. The van der Waals surface area contributed by atoms with Gasteiger partial charge >= 0.3 is 0 Å². The van der Waals surface area contributed by atoms with Gasteiger partial charge in [-0.2, -0.15) is 0 Å². The molecule has 0 radical (unpaired) electrons. The summed E-state index contributed by atoms with van der Waals surface area (Å²) in [4.78, 5) is 26.5. The second-order valence-corrected chi connectivity index (χ2v) is 8.33. The van der Waals surface area contributed by atoms with Crippen LogP contribution < -0.4 is 5.32 Å². The molecule has 1 saturated heterocycles. The van der Waals surface area contributed by atoms with E-state index in [-0.39, 0.29) is 11.8 Å². The molecular weight excluding hydrogens is 332 g/mol. The maximum absolute atomic E-state index is 12.4. The van der Waals surface area contributed by atoms with Gasteiger partial charge in [0.15, 0.2) is 0 Å². The molecule has 1 aromatic rings. The summed E-state index contributed by atoms with van der Waals surface area (Å²) in [6.07, 6.45) is 6.47. The molecule has 0 spiro atoms. The number of hydrogen-bond acceptors (Lipinski definition) is 3. The average Bonchev–Trinajstić information content (AvgIpc) is 2.61. The molecule has 1 saturated carbocycles.